The first-order chi connectivity index (χ1) is 16.1. The van der Waals surface area contributed by atoms with E-state index in [1.165, 1.54) is 44.2 Å². The van der Waals surface area contributed by atoms with Gasteiger partial charge in [-0.3, -0.25) is 4.40 Å². The van der Waals surface area contributed by atoms with Crippen LogP contribution in [0.2, 0.25) is 0 Å². The van der Waals surface area contributed by atoms with Gasteiger partial charge in [0.05, 0.1) is 11.7 Å². The molecular formula is C30H21BrN2. The standard InChI is InChI=1S/C30H21BrN2/c1-30(2)24-12-6-5-10-22(24)28-19(11-7-13-25(28)30)18-14-15-26-23(16-18)20-8-3-4-9-21(20)29-32-17-27(31)33(26)29/h3-17H,1-2H3. The molecule has 0 bridgehead atoms. The van der Waals surface area contributed by atoms with Gasteiger partial charge in [-0.15, -0.1) is 0 Å². The van der Waals surface area contributed by atoms with Crippen molar-refractivity contribution >= 4 is 43.3 Å². The maximum Gasteiger partial charge on any atom is 0.146 e. The number of fused-ring (bicyclic) bond motifs is 9. The molecule has 3 heteroatoms. The molecule has 0 fully saturated rings. The fourth-order valence-electron chi connectivity index (χ4n) is 5.77. The molecule has 0 saturated heterocycles. The first-order valence-corrected chi connectivity index (χ1v) is 12.1. The lowest BCUT2D eigenvalue weighted by Gasteiger charge is -2.21. The number of pyridine rings is 1. The van der Waals surface area contributed by atoms with E-state index < -0.39 is 0 Å². The van der Waals surface area contributed by atoms with Crippen molar-refractivity contribution in [2.45, 2.75) is 19.3 Å². The van der Waals surface area contributed by atoms with Gasteiger partial charge in [-0.05, 0) is 66.8 Å². The summed E-state index contributed by atoms with van der Waals surface area (Å²) in [5, 5.41) is 3.63. The van der Waals surface area contributed by atoms with Gasteiger partial charge in [0.25, 0.3) is 0 Å². The molecule has 33 heavy (non-hydrogen) atoms. The molecule has 2 nitrogen and oxygen atoms in total. The van der Waals surface area contributed by atoms with Crippen molar-refractivity contribution in [1.29, 1.82) is 0 Å². The third-order valence-corrected chi connectivity index (χ3v) is 7.89. The maximum atomic E-state index is 4.68. The summed E-state index contributed by atoms with van der Waals surface area (Å²) in [6.07, 6.45) is 1.89. The summed E-state index contributed by atoms with van der Waals surface area (Å²) >= 11 is 3.71. The van der Waals surface area contributed by atoms with Crippen molar-refractivity contribution in [2.75, 3.05) is 0 Å². The molecule has 6 aromatic rings. The van der Waals surface area contributed by atoms with E-state index in [1.54, 1.807) is 0 Å². The molecule has 0 radical (unpaired) electrons. The molecule has 0 spiro atoms. The largest absolute Gasteiger partial charge is 0.286 e. The second-order valence-electron chi connectivity index (χ2n) is 9.42. The summed E-state index contributed by atoms with van der Waals surface area (Å²) in [5.41, 5.74) is 10.2. The third kappa shape index (κ3) is 2.46. The van der Waals surface area contributed by atoms with Crippen LogP contribution in [0.1, 0.15) is 25.0 Å². The Morgan fingerprint density at radius 1 is 0.727 bits per heavy atom. The van der Waals surface area contributed by atoms with E-state index in [0.29, 0.717) is 0 Å². The molecule has 1 aliphatic carbocycles. The zero-order chi connectivity index (χ0) is 22.3. The van der Waals surface area contributed by atoms with Gasteiger partial charge < -0.3 is 0 Å². The Hall–Kier alpha value is -3.43. The number of benzene rings is 4. The number of hydrogen-bond donors (Lipinski definition) is 0. The summed E-state index contributed by atoms with van der Waals surface area (Å²) in [6.45, 7) is 4.67. The van der Waals surface area contributed by atoms with Gasteiger partial charge in [-0.25, -0.2) is 4.98 Å². The lowest BCUT2D eigenvalue weighted by atomic mass is 9.82. The van der Waals surface area contributed by atoms with Gasteiger partial charge in [0, 0.05) is 16.2 Å². The Morgan fingerprint density at radius 2 is 1.45 bits per heavy atom. The Kier molecular flexibility index (Phi) is 3.79. The molecule has 158 valence electrons. The smallest absolute Gasteiger partial charge is 0.146 e. The molecular weight excluding hydrogens is 468 g/mol. The van der Waals surface area contributed by atoms with Crippen LogP contribution in [0.25, 0.3) is 49.6 Å². The highest BCUT2D eigenvalue weighted by Gasteiger charge is 2.36. The average molecular weight is 489 g/mol. The van der Waals surface area contributed by atoms with Crippen molar-refractivity contribution in [2.24, 2.45) is 0 Å². The predicted octanol–water partition coefficient (Wildman–Crippen LogP) is 8.38. The molecule has 7 rings (SSSR count). The minimum Gasteiger partial charge on any atom is -0.286 e. The van der Waals surface area contributed by atoms with Gasteiger partial charge in [-0.2, -0.15) is 0 Å². The van der Waals surface area contributed by atoms with Gasteiger partial charge >= 0.3 is 0 Å². The molecule has 0 atom stereocenters. The number of hydrogen-bond acceptors (Lipinski definition) is 1. The van der Waals surface area contributed by atoms with E-state index in [4.69, 9.17) is 0 Å². The lowest BCUT2D eigenvalue weighted by molar-refractivity contribution is 0.660. The second kappa shape index (κ2) is 6.55. The third-order valence-electron chi connectivity index (χ3n) is 7.33. The highest BCUT2D eigenvalue weighted by molar-refractivity contribution is 9.10. The first kappa shape index (κ1) is 19.1. The van der Waals surface area contributed by atoms with Crippen molar-refractivity contribution in [3.05, 3.63) is 107 Å². The van der Waals surface area contributed by atoms with Gasteiger partial charge in [0.15, 0.2) is 0 Å². The zero-order valence-electron chi connectivity index (χ0n) is 18.4. The fourth-order valence-corrected chi connectivity index (χ4v) is 6.23. The van der Waals surface area contributed by atoms with Crippen molar-refractivity contribution in [3.8, 4) is 22.3 Å². The van der Waals surface area contributed by atoms with Crippen LogP contribution >= 0.6 is 15.9 Å². The summed E-state index contributed by atoms with van der Waals surface area (Å²) in [7, 11) is 0. The highest BCUT2D eigenvalue weighted by Crippen LogP contribution is 2.52. The van der Waals surface area contributed by atoms with Crippen LogP contribution in [0.5, 0.6) is 0 Å². The summed E-state index contributed by atoms with van der Waals surface area (Å²) in [5.74, 6) is 0. The van der Waals surface area contributed by atoms with Crippen molar-refractivity contribution in [1.82, 2.24) is 9.38 Å². The van der Waals surface area contributed by atoms with Crippen LogP contribution in [0.15, 0.2) is 95.7 Å². The normalized spacial score (nSPS) is 14.2. The summed E-state index contributed by atoms with van der Waals surface area (Å²) in [6, 6.07) is 31.0. The first-order valence-electron chi connectivity index (χ1n) is 11.3. The predicted molar refractivity (Wildman–Crippen MR) is 141 cm³/mol. The Labute approximate surface area is 200 Å². The molecule has 0 unspecified atom stereocenters. The van der Waals surface area contributed by atoms with Crippen LogP contribution < -0.4 is 0 Å². The van der Waals surface area contributed by atoms with Crippen molar-refractivity contribution < 1.29 is 0 Å². The molecule has 2 aromatic heterocycles. The number of rotatable bonds is 1. The van der Waals surface area contributed by atoms with Crippen LogP contribution in [-0.2, 0) is 5.41 Å². The molecule has 0 aliphatic heterocycles. The zero-order valence-corrected chi connectivity index (χ0v) is 20.0. The lowest BCUT2D eigenvalue weighted by Crippen LogP contribution is -2.14. The van der Waals surface area contributed by atoms with E-state index in [1.807, 2.05) is 6.20 Å². The number of aromatic nitrogens is 2. The molecule has 1 aliphatic rings. The fraction of sp³-hybridized carbons (Fsp3) is 0.100. The Balaban J connectivity index is 1.58. The molecule has 0 amide bonds. The Morgan fingerprint density at radius 3 is 2.33 bits per heavy atom. The van der Waals surface area contributed by atoms with E-state index in [-0.39, 0.29) is 5.41 Å². The minimum atomic E-state index is -0.000675. The molecule has 0 saturated carbocycles. The van der Waals surface area contributed by atoms with Crippen molar-refractivity contribution in [3.63, 3.8) is 0 Å². The SMILES string of the molecule is CC1(C)c2ccccc2-c2c(-c3ccc4c(c3)c3ccccc3c3ncc(Br)n43)cccc21. The quantitative estimate of drug-likeness (QED) is 0.212. The second-order valence-corrected chi connectivity index (χ2v) is 10.2. The molecule has 0 N–H and O–H groups in total. The van der Waals surface area contributed by atoms with E-state index in [2.05, 4.69) is 124 Å². The number of halogens is 1. The maximum absolute atomic E-state index is 4.68. The van der Waals surface area contributed by atoms with E-state index in [9.17, 15) is 0 Å². The summed E-state index contributed by atoms with van der Waals surface area (Å²) in [4.78, 5) is 4.68. The highest BCUT2D eigenvalue weighted by atomic mass is 79.9. The molecule has 2 heterocycles. The van der Waals surface area contributed by atoms with E-state index in [0.717, 1.165) is 21.2 Å². The van der Waals surface area contributed by atoms with E-state index >= 15 is 0 Å². The molecule has 4 aromatic carbocycles. The van der Waals surface area contributed by atoms with Crippen LogP contribution in [-0.4, -0.2) is 9.38 Å². The summed E-state index contributed by atoms with van der Waals surface area (Å²) < 4.78 is 3.17. The van der Waals surface area contributed by atoms with Gasteiger partial charge in [0.2, 0.25) is 0 Å². The van der Waals surface area contributed by atoms with Crippen LogP contribution in [0.3, 0.4) is 0 Å². The van der Waals surface area contributed by atoms with Crippen LogP contribution in [0, 0.1) is 0 Å². The minimum absolute atomic E-state index is 0.000675. The number of imidazole rings is 1. The topological polar surface area (TPSA) is 17.3 Å². The monoisotopic (exact) mass is 488 g/mol. The van der Waals surface area contributed by atoms with Gasteiger partial charge in [0.1, 0.15) is 10.3 Å². The van der Waals surface area contributed by atoms with Crippen LogP contribution in [0.4, 0.5) is 0 Å². The number of nitrogens with zero attached hydrogens (tertiary/aromatic N) is 2. The average Bonchev–Trinajstić information content (AvgIpc) is 3.35. The Bertz CT molecular complexity index is 1760. The van der Waals surface area contributed by atoms with Gasteiger partial charge in [-0.1, -0.05) is 86.6 Å².